The van der Waals surface area contributed by atoms with Gasteiger partial charge in [0, 0.05) is 24.2 Å². The van der Waals surface area contributed by atoms with Gasteiger partial charge in [-0.05, 0) is 19.1 Å². The Kier molecular flexibility index (Phi) is 4.09. The molecule has 0 saturated heterocycles. The van der Waals surface area contributed by atoms with Crippen LogP contribution < -0.4 is 5.32 Å². The zero-order valence-electron chi connectivity index (χ0n) is 10.6. The number of hydrogen-bond donors (Lipinski definition) is 1. The van der Waals surface area contributed by atoms with Crippen molar-refractivity contribution in [3.05, 3.63) is 63.6 Å². The van der Waals surface area contributed by atoms with Crippen LogP contribution >= 0.6 is 0 Å². The number of nitro benzene ring substituents is 1. The Hall–Kier alpha value is -2.28. The van der Waals surface area contributed by atoms with Crippen LogP contribution in [0.25, 0.3) is 0 Å². The average Bonchev–Trinajstić information content (AvgIpc) is 2.90. The van der Waals surface area contributed by atoms with Crippen LogP contribution in [0.4, 0.5) is 14.5 Å². The molecule has 1 aromatic carbocycles. The summed E-state index contributed by atoms with van der Waals surface area (Å²) in [5, 5.41) is 13.6. The normalized spacial score (nSPS) is 12.3. The Morgan fingerprint density at radius 2 is 2.15 bits per heavy atom. The van der Waals surface area contributed by atoms with Gasteiger partial charge in [0.05, 0.1) is 17.2 Å². The van der Waals surface area contributed by atoms with Crippen LogP contribution in [-0.4, -0.2) is 4.92 Å². The second kappa shape index (κ2) is 5.79. The lowest BCUT2D eigenvalue weighted by Crippen LogP contribution is -2.18. The summed E-state index contributed by atoms with van der Waals surface area (Å²) in [6.07, 6.45) is 1.51. The number of nitrogens with one attached hydrogen (secondary N) is 1. The van der Waals surface area contributed by atoms with E-state index in [0.29, 0.717) is 11.8 Å². The van der Waals surface area contributed by atoms with Crippen LogP contribution in [0.2, 0.25) is 0 Å². The van der Waals surface area contributed by atoms with Crippen molar-refractivity contribution in [2.24, 2.45) is 0 Å². The van der Waals surface area contributed by atoms with Crippen molar-refractivity contribution in [3.8, 4) is 0 Å². The molecule has 0 fully saturated rings. The molecule has 106 valence electrons. The molecule has 5 nitrogen and oxygen atoms in total. The maximum Gasteiger partial charge on any atom is 0.305 e. The van der Waals surface area contributed by atoms with E-state index in [0.717, 1.165) is 6.07 Å². The van der Waals surface area contributed by atoms with E-state index in [9.17, 15) is 18.9 Å². The number of nitrogens with zero attached hydrogens (tertiary/aromatic N) is 1. The molecule has 20 heavy (non-hydrogen) atoms. The zero-order valence-corrected chi connectivity index (χ0v) is 10.6. The Labute approximate surface area is 113 Å². The Bertz CT molecular complexity index is 614. The molecule has 1 atom stereocenters. The molecular formula is C13H12F2N2O3. The number of halogens is 2. The topological polar surface area (TPSA) is 68.3 Å². The van der Waals surface area contributed by atoms with E-state index in [2.05, 4.69) is 5.32 Å². The van der Waals surface area contributed by atoms with Crippen molar-refractivity contribution < 1.29 is 18.1 Å². The minimum atomic E-state index is -1.18. The number of hydrogen-bond acceptors (Lipinski definition) is 4. The quantitative estimate of drug-likeness (QED) is 0.674. The van der Waals surface area contributed by atoms with Gasteiger partial charge in [-0.15, -0.1) is 0 Å². The molecule has 0 saturated carbocycles. The lowest BCUT2D eigenvalue weighted by molar-refractivity contribution is -0.387. The highest BCUT2D eigenvalue weighted by molar-refractivity contribution is 5.37. The molecule has 0 aliphatic heterocycles. The summed E-state index contributed by atoms with van der Waals surface area (Å²) in [5.74, 6) is -1.36. The third-order valence-corrected chi connectivity index (χ3v) is 2.88. The van der Waals surface area contributed by atoms with Crippen LogP contribution in [0, 0.1) is 21.7 Å². The SMILES string of the molecule is CC(NCc1cc([N+](=O)[O-])c(F)cc1F)c1ccco1. The fraction of sp³-hybridized carbons (Fsp3) is 0.231. The fourth-order valence-corrected chi connectivity index (χ4v) is 1.76. The summed E-state index contributed by atoms with van der Waals surface area (Å²) < 4.78 is 31.9. The summed E-state index contributed by atoms with van der Waals surface area (Å²) in [5.41, 5.74) is -0.717. The third kappa shape index (κ3) is 3.00. The van der Waals surface area contributed by atoms with E-state index in [1.54, 1.807) is 19.1 Å². The summed E-state index contributed by atoms with van der Waals surface area (Å²) >= 11 is 0. The van der Waals surface area contributed by atoms with E-state index in [4.69, 9.17) is 4.42 Å². The highest BCUT2D eigenvalue weighted by atomic mass is 19.1. The highest BCUT2D eigenvalue weighted by Gasteiger charge is 2.19. The molecule has 0 amide bonds. The monoisotopic (exact) mass is 282 g/mol. The van der Waals surface area contributed by atoms with Crippen molar-refractivity contribution in [2.75, 3.05) is 0 Å². The van der Waals surface area contributed by atoms with Crippen LogP contribution in [-0.2, 0) is 6.54 Å². The minimum absolute atomic E-state index is 0.0226. The zero-order chi connectivity index (χ0) is 14.7. The van der Waals surface area contributed by atoms with Crippen LogP contribution in [0.3, 0.4) is 0 Å². The first-order chi connectivity index (χ1) is 9.49. The first kappa shape index (κ1) is 14.1. The molecule has 0 bridgehead atoms. The summed E-state index contributed by atoms with van der Waals surface area (Å²) in [4.78, 5) is 9.74. The van der Waals surface area contributed by atoms with Gasteiger partial charge in [0.1, 0.15) is 11.6 Å². The molecule has 0 radical (unpaired) electrons. The van der Waals surface area contributed by atoms with E-state index < -0.39 is 22.2 Å². The van der Waals surface area contributed by atoms with E-state index >= 15 is 0 Å². The van der Waals surface area contributed by atoms with Gasteiger partial charge in [-0.1, -0.05) is 0 Å². The molecule has 2 rings (SSSR count). The van der Waals surface area contributed by atoms with Gasteiger partial charge >= 0.3 is 5.69 Å². The van der Waals surface area contributed by atoms with E-state index in [1.807, 2.05) is 0 Å². The van der Waals surface area contributed by atoms with Gasteiger partial charge in [0.25, 0.3) is 0 Å². The average molecular weight is 282 g/mol. The predicted octanol–water partition coefficient (Wildman–Crippen LogP) is 3.32. The van der Waals surface area contributed by atoms with Crippen molar-refractivity contribution >= 4 is 5.69 Å². The Morgan fingerprint density at radius 1 is 1.40 bits per heavy atom. The molecule has 2 aromatic rings. The van der Waals surface area contributed by atoms with Crippen molar-refractivity contribution in [2.45, 2.75) is 19.5 Å². The van der Waals surface area contributed by atoms with Crippen molar-refractivity contribution in [1.82, 2.24) is 5.32 Å². The molecule has 1 unspecified atom stereocenters. The standard InChI is InChI=1S/C13H12F2N2O3/c1-8(13-3-2-4-20-13)16-7-9-5-12(17(18)19)11(15)6-10(9)14/h2-6,8,16H,7H2,1H3. The smallest absolute Gasteiger partial charge is 0.305 e. The molecule has 1 heterocycles. The van der Waals surface area contributed by atoms with Crippen LogP contribution in [0.15, 0.2) is 34.9 Å². The van der Waals surface area contributed by atoms with Gasteiger partial charge in [-0.3, -0.25) is 10.1 Å². The van der Waals surface area contributed by atoms with Gasteiger partial charge in [-0.2, -0.15) is 4.39 Å². The lowest BCUT2D eigenvalue weighted by atomic mass is 10.1. The minimum Gasteiger partial charge on any atom is -0.468 e. The Morgan fingerprint density at radius 3 is 2.75 bits per heavy atom. The van der Waals surface area contributed by atoms with E-state index in [-0.39, 0.29) is 18.2 Å². The molecule has 1 aromatic heterocycles. The first-order valence-electron chi connectivity index (χ1n) is 5.88. The number of benzene rings is 1. The van der Waals surface area contributed by atoms with Gasteiger partial charge in [0.15, 0.2) is 0 Å². The molecule has 0 spiro atoms. The maximum atomic E-state index is 13.6. The number of furan rings is 1. The van der Waals surface area contributed by atoms with E-state index in [1.165, 1.54) is 6.26 Å². The summed E-state index contributed by atoms with van der Waals surface area (Å²) in [6.45, 7) is 1.82. The maximum absolute atomic E-state index is 13.6. The van der Waals surface area contributed by atoms with Gasteiger partial charge in [-0.25, -0.2) is 4.39 Å². The predicted molar refractivity (Wildman–Crippen MR) is 67.0 cm³/mol. The molecule has 7 heteroatoms. The lowest BCUT2D eigenvalue weighted by Gasteiger charge is -2.11. The molecule has 0 aliphatic carbocycles. The molecular weight excluding hydrogens is 270 g/mol. The second-order valence-electron chi connectivity index (χ2n) is 4.27. The largest absolute Gasteiger partial charge is 0.468 e. The molecule has 0 aliphatic rings. The summed E-state index contributed by atoms with van der Waals surface area (Å²) in [7, 11) is 0. The first-order valence-corrected chi connectivity index (χ1v) is 5.88. The number of nitro groups is 1. The van der Waals surface area contributed by atoms with Crippen molar-refractivity contribution in [3.63, 3.8) is 0 Å². The van der Waals surface area contributed by atoms with Crippen molar-refractivity contribution in [1.29, 1.82) is 0 Å². The highest BCUT2D eigenvalue weighted by Crippen LogP contribution is 2.22. The third-order valence-electron chi connectivity index (χ3n) is 2.88. The molecule has 1 N–H and O–H groups in total. The van der Waals surface area contributed by atoms with Crippen LogP contribution in [0.5, 0.6) is 0 Å². The van der Waals surface area contributed by atoms with Gasteiger partial charge < -0.3 is 9.73 Å². The van der Waals surface area contributed by atoms with Crippen LogP contribution in [0.1, 0.15) is 24.3 Å². The number of rotatable bonds is 5. The van der Waals surface area contributed by atoms with Gasteiger partial charge in [0.2, 0.25) is 5.82 Å². The second-order valence-corrected chi connectivity index (χ2v) is 4.27. The fourth-order valence-electron chi connectivity index (χ4n) is 1.76. The Balaban J connectivity index is 2.13. The summed E-state index contributed by atoms with van der Waals surface area (Å²) in [6, 6.07) is 4.69.